The second kappa shape index (κ2) is 9.48. The van der Waals surface area contributed by atoms with Gasteiger partial charge in [0.25, 0.3) is 5.91 Å². The number of nitrogens with zero attached hydrogens (tertiary/aromatic N) is 1. The highest BCUT2D eigenvalue weighted by Crippen LogP contribution is 2.18. The fourth-order valence-corrected chi connectivity index (χ4v) is 2.80. The number of hydrogen-bond donors (Lipinski definition) is 2. The van der Waals surface area contributed by atoms with Crippen molar-refractivity contribution in [2.45, 2.75) is 45.1 Å². The van der Waals surface area contributed by atoms with Crippen molar-refractivity contribution in [1.29, 1.82) is 5.26 Å². The van der Waals surface area contributed by atoms with Crippen LogP contribution in [0.25, 0.3) is 0 Å². The maximum absolute atomic E-state index is 12.3. The van der Waals surface area contributed by atoms with Gasteiger partial charge in [-0.3, -0.25) is 4.79 Å². The first kappa shape index (κ1) is 18.5. The van der Waals surface area contributed by atoms with Crippen molar-refractivity contribution in [1.82, 2.24) is 5.32 Å². The molecule has 2 N–H and O–H groups in total. The molecule has 1 aromatic carbocycles. The summed E-state index contributed by atoms with van der Waals surface area (Å²) >= 11 is 0. The number of esters is 1. The number of carbonyl (C=O) groups is 2. The van der Waals surface area contributed by atoms with Gasteiger partial charge in [-0.2, -0.15) is 5.26 Å². The Morgan fingerprint density at radius 2 is 2.00 bits per heavy atom. The normalized spacial score (nSPS) is 15.1. The standard InChI is InChI=1S/C19H23N3O3/c1-2-25-19(24)16-10-6-7-11-17(16)21-13-14(12-20)18(23)22-15-8-4-3-5-9-15/h6-7,10-11,13,15,21H,2-5,8-9H2,1H3,(H,22,23)/b14-13-. The minimum atomic E-state index is -0.454. The molecule has 132 valence electrons. The number of anilines is 1. The van der Waals surface area contributed by atoms with Gasteiger partial charge < -0.3 is 15.4 Å². The smallest absolute Gasteiger partial charge is 0.340 e. The molecule has 0 spiro atoms. The summed E-state index contributed by atoms with van der Waals surface area (Å²) in [4.78, 5) is 24.2. The van der Waals surface area contributed by atoms with Gasteiger partial charge in [0, 0.05) is 12.2 Å². The predicted molar refractivity (Wildman–Crippen MR) is 94.7 cm³/mol. The zero-order valence-corrected chi connectivity index (χ0v) is 14.4. The van der Waals surface area contributed by atoms with Gasteiger partial charge in [0.1, 0.15) is 11.6 Å². The molecule has 0 atom stereocenters. The minimum absolute atomic E-state index is 0.0239. The zero-order chi connectivity index (χ0) is 18.1. The van der Waals surface area contributed by atoms with Gasteiger partial charge >= 0.3 is 5.97 Å². The van der Waals surface area contributed by atoms with Gasteiger partial charge in [0.15, 0.2) is 0 Å². The number of carbonyl (C=O) groups excluding carboxylic acids is 2. The van der Waals surface area contributed by atoms with Crippen LogP contribution in [0.2, 0.25) is 0 Å². The lowest BCUT2D eigenvalue weighted by molar-refractivity contribution is -0.118. The summed E-state index contributed by atoms with van der Waals surface area (Å²) < 4.78 is 5.01. The lowest BCUT2D eigenvalue weighted by Crippen LogP contribution is -2.37. The van der Waals surface area contributed by atoms with E-state index in [1.54, 1.807) is 31.2 Å². The van der Waals surface area contributed by atoms with Crippen molar-refractivity contribution in [2.24, 2.45) is 0 Å². The Balaban J connectivity index is 2.06. The molecule has 1 aliphatic carbocycles. The summed E-state index contributed by atoms with van der Waals surface area (Å²) in [5, 5.41) is 15.0. The van der Waals surface area contributed by atoms with E-state index in [1.165, 1.54) is 12.6 Å². The molecule has 1 fully saturated rings. The van der Waals surface area contributed by atoms with Crippen molar-refractivity contribution in [3.63, 3.8) is 0 Å². The summed E-state index contributed by atoms with van der Waals surface area (Å²) in [6.07, 6.45) is 6.62. The Kier molecular flexibility index (Phi) is 7.02. The van der Waals surface area contributed by atoms with Crippen LogP contribution in [0.4, 0.5) is 5.69 Å². The van der Waals surface area contributed by atoms with E-state index in [1.807, 2.05) is 6.07 Å². The number of hydrogen-bond acceptors (Lipinski definition) is 5. The van der Waals surface area contributed by atoms with Crippen LogP contribution in [0.5, 0.6) is 0 Å². The largest absolute Gasteiger partial charge is 0.462 e. The lowest BCUT2D eigenvalue weighted by atomic mass is 9.95. The van der Waals surface area contributed by atoms with Crippen molar-refractivity contribution < 1.29 is 14.3 Å². The fourth-order valence-electron chi connectivity index (χ4n) is 2.80. The van der Waals surface area contributed by atoms with Crippen LogP contribution in [-0.2, 0) is 9.53 Å². The maximum Gasteiger partial charge on any atom is 0.340 e. The third-order valence-corrected chi connectivity index (χ3v) is 4.10. The molecule has 0 aromatic heterocycles. The van der Waals surface area contributed by atoms with Crippen molar-refractivity contribution >= 4 is 17.6 Å². The molecule has 1 amide bonds. The molecule has 0 heterocycles. The number of ether oxygens (including phenoxy) is 1. The molecule has 6 heteroatoms. The number of nitrogens with one attached hydrogen (secondary N) is 2. The summed E-state index contributed by atoms with van der Waals surface area (Å²) in [7, 11) is 0. The number of rotatable bonds is 6. The van der Waals surface area contributed by atoms with Crippen LogP contribution < -0.4 is 10.6 Å². The van der Waals surface area contributed by atoms with Gasteiger partial charge in [-0.1, -0.05) is 31.4 Å². The number of amides is 1. The highest BCUT2D eigenvalue weighted by Gasteiger charge is 2.18. The second-order valence-corrected chi connectivity index (χ2v) is 5.89. The van der Waals surface area contributed by atoms with Crippen LogP contribution >= 0.6 is 0 Å². The van der Waals surface area contributed by atoms with Crippen molar-refractivity contribution in [3.05, 3.63) is 41.6 Å². The third-order valence-electron chi connectivity index (χ3n) is 4.10. The molecule has 2 rings (SSSR count). The van der Waals surface area contributed by atoms with Crippen LogP contribution in [0.15, 0.2) is 36.0 Å². The number of benzene rings is 1. The summed E-state index contributed by atoms with van der Waals surface area (Å²) in [6.45, 7) is 2.01. The predicted octanol–water partition coefficient (Wildman–Crippen LogP) is 3.13. The average molecular weight is 341 g/mol. The molecular formula is C19H23N3O3. The molecule has 0 bridgehead atoms. The Morgan fingerprint density at radius 3 is 2.68 bits per heavy atom. The van der Waals surface area contributed by atoms with Gasteiger partial charge in [-0.25, -0.2) is 4.79 Å². The van der Waals surface area contributed by atoms with E-state index in [4.69, 9.17) is 4.74 Å². The van der Waals surface area contributed by atoms with E-state index >= 15 is 0 Å². The Labute approximate surface area is 147 Å². The van der Waals surface area contributed by atoms with E-state index in [2.05, 4.69) is 10.6 Å². The molecule has 1 aromatic rings. The molecule has 1 saturated carbocycles. The van der Waals surface area contributed by atoms with E-state index in [-0.39, 0.29) is 18.2 Å². The quantitative estimate of drug-likeness (QED) is 0.471. The topological polar surface area (TPSA) is 91.2 Å². The first-order valence-electron chi connectivity index (χ1n) is 8.59. The molecular weight excluding hydrogens is 318 g/mol. The maximum atomic E-state index is 12.3. The Hall–Kier alpha value is -2.81. The average Bonchev–Trinajstić information content (AvgIpc) is 2.63. The first-order valence-corrected chi connectivity index (χ1v) is 8.59. The van der Waals surface area contributed by atoms with Gasteiger partial charge in [-0.05, 0) is 31.9 Å². The molecule has 6 nitrogen and oxygen atoms in total. The van der Waals surface area contributed by atoms with Gasteiger partial charge in [-0.15, -0.1) is 0 Å². The summed E-state index contributed by atoms with van der Waals surface area (Å²) in [5.41, 5.74) is 0.814. The van der Waals surface area contributed by atoms with Gasteiger partial charge in [0.2, 0.25) is 0 Å². The molecule has 0 aliphatic heterocycles. The number of nitriles is 1. The summed E-state index contributed by atoms with van der Waals surface area (Å²) in [5.74, 6) is -0.848. The summed E-state index contributed by atoms with van der Waals surface area (Å²) in [6, 6.07) is 8.84. The lowest BCUT2D eigenvalue weighted by Gasteiger charge is -2.22. The van der Waals surface area contributed by atoms with Crippen LogP contribution in [0, 0.1) is 11.3 Å². The molecule has 0 unspecified atom stereocenters. The van der Waals surface area contributed by atoms with E-state index in [0.717, 1.165) is 25.7 Å². The second-order valence-electron chi connectivity index (χ2n) is 5.89. The van der Waals surface area contributed by atoms with Crippen LogP contribution in [-0.4, -0.2) is 24.5 Å². The Morgan fingerprint density at radius 1 is 1.28 bits per heavy atom. The minimum Gasteiger partial charge on any atom is -0.462 e. The zero-order valence-electron chi connectivity index (χ0n) is 14.4. The SMILES string of the molecule is CCOC(=O)c1ccccc1N/C=C(/C#N)C(=O)NC1CCCCC1. The van der Waals surface area contributed by atoms with E-state index < -0.39 is 11.9 Å². The number of para-hydroxylation sites is 1. The highest BCUT2D eigenvalue weighted by molar-refractivity contribution is 5.99. The van der Waals surface area contributed by atoms with E-state index in [9.17, 15) is 14.9 Å². The monoisotopic (exact) mass is 341 g/mol. The molecule has 25 heavy (non-hydrogen) atoms. The van der Waals surface area contributed by atoms with Crippen LogP contribution in [0.3, 0.4) is 0 Å². The van der Waals surface area contributed by atoms with Crippen molar-refractivity contribution in [3.8, 4) is 6.07 Å². The highest BCUT2D eigenvalue weighted by atomic mass is 16.5. The Bertz CT molecular complexity index is 685. The molecule has 1 aliphatic rings. The fraction of sp³-hybridized carbons (Fsp3) is 0.421. The van der Waals surface area contributed by atoms with Crippen molar-refractivity contribution in [2.75, 3.05) is 11.9 Å². The van der Waals surface area contributed by atoms with Gasteiger partial charge in [0.05, 0.1) is 17.9 Å². The third kappa shape index (κ3) is 5.35. The van der Waals surface area contributed by atoms with E-state index in [0.29, 0.717) is 11.3 Å². The molecule has 0 saturated heterocycles. The first-order chi connectivity index (χ1) is 12.2. The van der Waals surface area contributed by atoms with Crippen LogP contribution in [0.1, 0.15) is 49.4 Å². The molecule has 0 radical (unpaired) electrons.